The molecule has 0 bridgehead atoms. The average Bonchev–Trinajstić information content (AvgIpc) is 2.74. The lowest BCUT2D eigenvalue weighted by Crippen LogP contribution is -2.14. The third kappa shape index (κ3) is 2.68. The van der Waals surface area contributed by atoms with E-state index in [-0.39, 0.29) is 22.2 Å². The van der Waals surface area contributed by atoms with E-state index in [0.29, 0.717) is 5.82 Å². The number of nitro benzene ring substituents is 1. The highest BCUT2D eigenvalue weighted by Crippen LogP contribution is 2.27. The van der Waals surface area contributed by atoms with Crippen LogP contribution in [0.15, 0.2) is 18.2 Å². The first-order chi connectivity index (χ1) is 8.99. The first-order valence-electron chi connectivity index (χ1n) is 5.12. The van der Waals surface area contributed by atoms with E-state index in [1.54, 1.807) is 6.92 Å². The normalized spacial score (nSPS) is 10.2. The molecular formula is C10H8ClN5O3. The zero-order chi connectivity index (χ0) is 14.0. The molecule has 19 heavy (non-hydrogen) atoms. The van der Waals surface area contributed by atoms with E-state index in [9.17, 15) is 14.9 Å². The summed E-state index contributed by atoms with van der Waals surface area (Å²) in [6, 6.07) is 3.97. The van der Waals surface area contributed by atoms with Gasteiger partial charge in [-0.2, -0.15) is 4.98 Å². The third-order valence-corrected chi connectivity index (χ3v) is 2.64. The highest BCUT2D eigenvalue weighted by atomic mass is 35.5. The molecule has 8 nitrogen and oxygen atoms in total. The number of aromatic nitrogens is 3. The SMILES string of the molecule is Cc1nc(NC(=O)c2cccc([N+](=O)[O-])c2Cl)n[nH]1. The van der Waals surface area contributed by atoms with E-state index in [2.05, 4.69) is 20.5 Å². The Balaban J connectivity index is 2.29. The predicted octanol–water partition coefficient (Wildman–Crippen LogP) is 1.93. The molecule has 2 aromatic rings. The Hall–Kier alpha value is -2.48. The lowest BCUT2D eigenvalue weighted by Gasteiger charge is -2.03. The molecule has 0 saturated heterocycles. The fraction of sp³-hybridized carbons (Fsp3) is 0.100. The average molecular weight is 282 g/mol. The van der Waals surface area contributed by atoms with E-state index in [0.717, 1.165) is 0 Å². The van der Waals surface area contributed by atoms with Gasteiger partial charge in [0.1, 0.15) is 10.8 Å². The minimum Gasteiger partial charge on any atom is -0.289 e. The zero-order valence-electron chi connectivity index (χ0n) is 9.68. The van der Waals surface area contributed by atoms with Crippen LogP contribution in [-0.2, 0) is 0 Å². The Labute approximate surface area is 112 Å². The van der Waals surface area contributed by atoms with Crippen LogP contribution >= 0.6 is 11.6 Å². The van der Waals surface area contributed by atoms with Gasteiger partial charge in [-0.1, -0.05) is 17.7 Å². The van der Waals surface area contributed by atoms with Crippen molar-refractivity contribution in [3.8, 4) is 0 Å². The molecule has 9 heteroatoms. The maximum absolute atomic E-state index is 11.9. The smallest absolute Gasteiger partial charge is 0.288 e. The highest BCUT2D eigenvalue weighted by molar-refractivity contribution is 6.36. The molecule has 2 rings (SSSR count). The van der Waals surface area contributed by atoms with E-state index < -0.39 is 10.8 Å². The second-order valence-corrected chi connectivity index (χ2v) is 3.97. The van der Waals surface area contributed by atoms with Gasteiger partial charge in [0.25, 0.3) is 11.6 Å². The molecule has 0 spiro atoms. The molecule has 0 radical (unpaired) electrons. The van der Waals surface area contributed by atoms with E-state index in [1.807, 2.05) is 0 Å². The number of carbonyl (C=O) groups is 1. The van der Waals surface area contributed by atoms with Gasteiger partial charge < -0.3 is 0 Å². The van der Waals surface area contributed by atoms with Gasteiger partial charge in [-0.3, -0.25) is 25.3 Å². The Morgan fingerprint density at radius 2 is 2.26 bits per heavy atom. The third-order valence-electron chi connectivity index (χ3n) is 2.24. The summed E-state index contributed by atoms with van der Waals surface area (Å²) < 4.78 is 0. The molecule has 0 unspecified atom stereocenters. The number of anilines is 1. The molecule has 0 aliphatic carbocycles. The second-order valence-electron chi connectivity index (χ2n) is 3.59. The number of hydrogen-bond donors (Lipinski definition) is 2. The van der Waals surface area contributed by atoms with Crippen molar-refractivity contribution in [2.75, 3.05) is 5.32 Å². The van der Waals surface area contributed by atoms with Crippen molar-refractivity contribution in [3.05, 3.63) is 44.7 Å². The molecule has 0 atom stereocenters. The number of H-pyrrole nitrogens is 1. The minimum absolute atomic E-state index is 0.0154. The van der Waals surface area contributed by atoms with Gasteiger partial charge in [0.15, 0.2) is 0 Å². The summed E-state index contributed by atoms with van der Waals surface area (Å²) in [5.41, 5.74) is -0.348. The molecule has 0 aliphatic heterocycles. The molecule has 1 amide bonds. The highest BCUT2D eigenvalue weighted by Gasteiger charge is 2.20. The van der Waals surface area contributed by atoms with E-state index in [1.165, 1.54) is 18.2 Å². The Morgan fingerprint density at radius 3 is 2.84 bits per heavy atom. The summed E-state index contributed by atoms with van der Waals surface area (Å²) in [5.74, 6) is -0.0155. The van der Waals surface area contributed by atoms with Crippen LogP contribution in [0.2, 0.25) is 5.02 Å². The van der Waals surface area contributed by atoms with Gasteiger partial charge >= 0.3 is 0 Å². The van der Waals surface area contributed by atoms with Crippen LogP contribution < -0.4 is 5.32 Å². The number of nitro groups is 1. The van der Waals surface area contributed by atoms with Gasteiger partial charge in [0, 0.05) is 6.07 Å². The fourth-order valence-electron chi connectivity index (χ4n) is 1.40. The Morgan fingerprint density at radius 1 is 1.53 bits per heavy atom. The molecule has 1 aromatic carbocycles. The Bertz CT molecular complexity index is 654. The zero-order valence-corrected chi connectivity index (χ0v) is 10.4. The molecule has 0 saturated carbocycles. The van der Waals surface area contributed by atoms with Crippen molar-refractivity contribution in [1.82, 2.24) is 15.2 Å². The number of amides is 1. The summed E-state index contributed by atoms with van der Waals surface area (Å²) in [6.07, 6.45) is 0. The molecule has 0 fully saturated rings. The molecule has 0 aliphatic rings. The summed E-state index contributed by atoms with van der Waals surface area (Å²) >= 11 is 5.82. The number of nitrogens with one attached hydrogen (secondary N) is 2. The van der Waals surface area contributed by atoms with Crippen LogP contribution in [0, 0.1) is 17.0 Å². The number of aryl methyl sites for hydroxylation is 1. The molecule has 2 N–H and O–H groups in total. The van der Waals surface area contributed by atoms with Gasteiger partial charge in [-0.05, 0) is 13.0 Å². The minimum atomic E-state index is -0.657. The number of benzene rings is 1. The van der Waals surface area contributed by atoms with Crippen molar-refractivity contribution in [2.45, 2.75) is 6.92 Å². The largest absolute Gasteiger partial charge is 0.289 e. The maximum atomic E-state index is 11.9. The topological polar surface area (TPSA) is 114 Å². The lowest BCUT2D eigenvalue weighted by atomic mass is 10.2. The fourth-order valence-corrected chi connectivity index (χ4v) is 1.68. The van der Waals surface area contributed by atoms with Crippen LogP contribution in [0.1, 0.15) is 16.2 Å². The summed E-state index contributed by atoms with van der Waals surface area (Å²) in [5, 5.41) is 19.2. The molecule has 1 aromatic heterocycles. The summed E-state index contributed by atoms with van der Waals surface area (Å²) in [7, 11) is 0. The van der Waals surface area contributed by atoms with Crippen LogP contribution in [0.25, 0.3) is 0 Å². The number of carbonyl (C=O) groups excluding carboxylic acids is 1. The number of aromatic amines is 1. The lowest BCUT2D eigenvalue weighted by molar-refractivity contribution is -0.384. The molecule has 98 valence electrons. The van der Waals surface area contributed by atoms with Gasteiger partial charge in [0.05, 0.1) is 10.5 Å². The van der Waals surface area contributed by atoms with Crippen molar-refractivity contribution in [1.29, 1.82) is 0 Å². The van der Waals surface area contributed by atoms with Crippen molar-refractivity contribution in [3.63, 3.8) is 0 Å². The molecular weight excluding hydrogens is 274 g/mol. The van der Waals surface area contributed by atoms with Crippen molar-refractivity contribution in [2.24, 2.45) is 0 Å². The van der Waals surface area contributed by atoms with Crippen LogP contribution in [-0.4, -0.2) is 26.0 Å². The van der Waals surface area contributed by atoms with Gasteiger partial charge in [-0.15, -0.1) is 5.10 Å². The second kappa shape index (κ2) is 5.02. The van der Waals surface area contributed by atoms with Gasteiger partial charge in [-0.25, -0.2) is 0 Å². The number of nitrogens with zero attached hydrogens (tertiary/aromatic N) is 3. The number of hydrogen-bond acceptors (Lipinski definition) is 5. The van der Waals surface area contributed by atoms with Crippen molar-refractivity contribution >= 4 is 29.1 Å². The van der Waals surface area contributed by atoms with Crippen LogP contribution in [0.5, 0.6) is 0 Å². The number of halogens is 1. The Kier molecular flexibility index (Phi) is 3.43. The maximum Gasteiger partial charge on any atom is 0.288 e. The quantitative estimate of drug-likeness (QED) is 0.659. The number of rotatable bonds is 3. The predicted molar refractivity (Wildman–Crippen MR) is 67.2 cm³/mol. The van der Waals surface area contributed by atoms with E-state index in [4.69, 9.17) is 11.6 Å². The monoisotopic (exact) mass is 281 g/mol. The van der Waals surface area contributed by atoms with Crippen LogP contribution in [0.3, 0.4) is 0 Å². The summed E-state index contributed by atoms with van der Waals surface area (Å²) in [6.45, 7) is 1.67. The van der Waals surface area contributed by atoms with Gasteiger partial charge in [0.2, 0.25) is 5.95 Å². The molecule has 1 heterocycles. The first kappa shape index (κ1) is 13.0. The standard InChI is InChI=1S/C10H8ClN5O3/c1-5-12-10(15-14-5)13-9(17)6-3-2-4-7(8(6)11)16(18)19/h2-4H,1H3,(H2,12,13,14,15,17). The first-order valence-corrected chi connectivity index (χ1v) is 5.50. The van der Waals surface area contributed by atoms with E-state index >= 15 is 0 Å². The summed E-state index contributed by atoms with van der Waals surface area (Å²) in [4.78, 5) is 25.9. The van der Waals surface area contributed by atoms with Crippen LogP contribution in [0.4, 0.5) is 11.6 Å². The van der Waals surface area contributed by atoms with Crippen molar-refractivity contribution < 1.29 is 9.72 Å².